The molecule has 1 aliphatic carbocycles. The van der Waals surface area contributed by atoms with Crippen molar-refractivity contribution in [3.8, 4) is 0 Å². The van der Waals surface area contributed by atoms with Crippen molar-refractivity contribution in [2.24, 2.45) is 5.92 Å². The molecule has 0 amide bonds. The zero-order chi connectivity index (χ0) is 15.4. The van der Waals surface area contributed by atoms with Crippen molar-refractivity contribution in [2.75, 3.05) is 20.2 Å². The Hall–Kier alpha value is -0.930. The van der Waals surface area contributed by atoms with Crippen molar-refractivity contribution in [2.45, 2.75) is 57.1 Å². The zero-order valence-corrected chi connectivity index (χ0v) is 13.6. The van der Waals surface area contributed by atoms with E-state index in [9.17, 15) is 4.39 Å². The minimum absolute atomic E-state index is 0.133. The van der Waals surface area contributed by atoms with Crippen LogP contribution >= 0.6 is 0 Å². The Labute approximate surface area is 133 Å². The molecule has 0 radical (unpaired) electrons. The van der Waals surface area contributed by atoms with Gasteiger partial charge in [-0.3, -0.25) is 4.90 Å². The number of ether oxygens (including phenoxy) is 1. The molecule has 1 aromatic carbocycles. The Kier molecular flexibility index (Phi) is 5.48. The number of benzene rings is 1. The summed E-state index contributed by atoms with van der Waals surface area (Å²) in [6.45, 7) is 2.25. The van der Waals surface area contributed by atoms with Crippen molar-refractivity contribution >= 4 is 0 Å². The van der Waals surface area contributed by atoms with Crippen LogP contribution in [-0.2, 0) is 11.2 Å². The molecule has 0 spiro atoms. The Morgan fingerprint density at radius 1 is 1.18 bits per heavy atom. The molecule has 3 rings (SSSR count). The van der Waals surface area contributed by atoms with Crippen LogP contribution in [0.15, 0.2) is 24.3 Å². The monoisotopic (exact) mass is 305 g/mol. The van der Waals surface area contributed by atoms with Gasteiger partial charge in [-0.2, -0.15) is 0 Å². The van der Waals surface area contributed by atoms with Gasteiger partial charge in [-0.1, -0.05) is 31.4 Å². The van der Waals surface area contributed by atoms with Crippen LogP contribution in [0.2, 0.25) is 0 Å². The molecule has 1 heterocycles. The van der Waals surface area contributed by atoms with E-state index < -0.39 is 0 Å². The number of hydrogen-bond donors (Lipinski definition) is 0. The molecule has 2 aliphatic rings. The Morgan fingerprint density at radius 2 is 2.00 bits per heavy atom. The molecule has 2 atom stereocenters. The number of halogens is 1. The molecule has 0 unspecified atom stereocenters. The van der Waals surface area contributed by atoms with Crippen LogP contribution < -0.4 is 0 Å². The van der Waals surface area contributed by atoms with Crippen molar-refractivity contribution in [1.29, 1.82) is 0 Å². The standard InChI is InChI=1S/C19H28FNO/c1-22-19-10-11-21(18-8-3-2-4-9-18)14-16(19)12-15-6-5-7-17(20)13-15/h5-7,13,16,18-19H,2-4,8-12,14H2,1H3/t16-,19-/m1/s1. The highest BCUT2D eigenvalue weighted by Crippen LogP contribution is 2.30. The fourth-order valence-corrected chi connectivity index (χ4v) is 4.29. The Bertz CT molecular complexity index is 472. The maximum absolute atomic E-state index is 13.4. The van der Waals surface area contributed by atoms with Crippen LogP contribution in [0, 0.1) is 11.7 Å². The summed E-state index contributed by atoms with van der Waals surface area (Å²) in [6.07, 6.45) is 9.19. The first kappa shape index (κ1) is 15.9. The van der Waals surface area contributed by atoms with E-state index in [1.807, 2.05) is 19.2 Å². The molecule has 0 bridgehead atoms. The Morgan fingerprint density at radius 3 is 2.73 bits per heavy atom. The SMILES string of the molecule is CO[C@@H]1CCN(C2CCCCC2)C[C@H]1Cc1cccc(F)c1. The van der Waals surface area contributed by atoms with E-state index in [4.69, 9.17) is 4.74 Å². The number of hydrogen-bond acceptors (Lipinski definition) is 2. The highest BCUT2D eigenvalue weighted by molar-refractivity contribution is 5.17. The molecule has 0 aromatic heterocycles. The van der Waals surface area contributed by atoms with E-state index in [1.165, 1.54) is 38.2 Å². The first-order chi connectivity index (χ1) is 10.8. The van der Waals surface area contributed by atoms with Crippen LogP contribution in [0.25, 0.3) is 0 Å². The first-order valence-electron chi connectivity index (χ1n) is 8.77. The molecular formula is C19H28FNO. The minimum atomic E-state index is -0.133. The zero-order valence-electron chi connectivity index (χ0n) is 13.6. The molecule has 1 saturated heterocycles. The maximum Gasteiger partial charge on any atom is 0.123 e. The molecule has 2 nitrogen and oxygen atoms in total. The third kappa shape index (κ3) is 3.88. The van der Waals surface area contributed by atoms with Gasteiger partial charge < -0.3 is 4.74 Å². The van der Waals surface area contributed by atoms with Crippen LogP contribution in [0.4, 0.5) is 4.39 Å². The number of nitrogens with zero attached hydrogens (tertiary/aromatic N) is 1. The first-order valence-corrected chi connectivity index (χ1v) is 8.77. The number of methoxy groups -OCH3 is 1. The fourth-order valence-electron chi connectivity index (χ4n) is 4.29. The van der Waals surface area contributed by atoms with Crippen LogP contribution in [0.3, 0.4) is 0 Å². The van der Waals surface area contributed by atoms with Gasteiger partial charge in [-0.25, -0.2) is 4.39 Å². The van der Waals surface area contributed by atoms with E-state index in [-0.39, 0.29) is 5.82 Å². The summed E-state index contributed by atoms with van der Waals surface area (Å²) in [6, 6.07) is 7.81. The summed E-state index contributed by atoms with van der Waals surface area (Å²) >= 11 is 0. The summed E-state index contributed by atoms with van der Waals surface area (Å²) in [7, 11) is 1.82. The second-order valence-corrected chi connectivity index (χ2v) is 6.94. The lowest BCUT2D eigenvalue weighted by molar-refractivity contribution is -0.0230. The summed E-state index contributed by atoms with van der Waals surface area (Å²) in [5.74, 6) is 0.342. The van der Waals surface area contributed by atoms with Gasteiger partial charge in [0, 0.05) is 32.2 Å². The van der Waals surface area contributed by atoms with Crippen LogP contribution in [-0.4, -0.2) is 37.2 Å². The summed E-state index contributed by atoms with van der Waals surface area (Å²) < 4.78 is 19.1. The number of piperidine rings is 1. The quantitative estimate of drug-likeness (QED) is 0.832. The van der Waals surface area contributed by atoms with Gasteiger partial charge in [0.2, 0.25) is 0 Å². The lowest BCUT2D eigenvalue weighted by Gasteiger charge is -2.43. The third-order valence-electron chi connectivity index (χ3n) is 5.48. The van der Waals surface area contributed by atoms with Crippen LogP contribution in [0.1, 0.15) is 44.1 Å². The summed E-state index contributed by atoms with van der Waals surface area (Å²) in [5.41, 5.74) is 1.09. The molecule has 0 N–H and O–H groups in total. The topological polar surface area (TPSA) is 12.5 Å². The molecule has 1 saturated carbocycles. The smallest absolute Gasteiger partial charge is 0.123 e. The second kappa shape index (κ2) is 7.56. The van der Waals surface area contributed by atoms with Crippen molar-refractivity contribution in [3.05, 3.63) is 35.6 Å². The predicted octanol–water partition coefficient (Wildman–Crippen LogP) is 4.04. The van der Waals surface area contributed by atoms with Crippen molar-refractivity contribution in [1.82, 2.24) is 4.90 Å². The van der Waals surface area contributed by atoms with Gasteiger partial charge in [0.15, 0.2) is 0 Å². The highest BCUT2D eigenvalue weighted by Gasteiger charge is 2.33. The van der Waals surface area contributed by atoms with Gasteiger partial charge in [-0.05, 0) is 43.4 Å². The van der Waals surface area contributed by atoms with E-state index in [1.54, 1.807) is 6.07 Å². The average molecular weight is 305 g/mol. The molecule has 1 aromatic rings. The Balaban J connectivity index is 1.66. The predicted molar refractivity (Wildman–Crippen MR) is 87.5 cm³/mol. The van der Waals surface area contributed by atoms with E-state index in [0.717, 1.165) is 37.5 Å². The summed E-state index contributed by atoms with van der Waals surface area (Å²) in [4.78, 5) is 2.68. The summed E-state index contributed by atoms with van der Waals surface area (Å²) in [5, 5.41) is 0. The van der Waals surface area contributed by atoms with Gasteiger partial charge in [0.05, 0.1) is 6.10 Å². The van der Waals surface area contributed by atoms with Gasteiger partial charge >= 0.3 is 0 Å². The van der Waals surface area contributed by atoms with Gasteiger partial charge in [-0.15, -0.1) is 0 Å². The minimum Gasteiger partial charge on any atom is -0.381 e. The lowest BCUT2D eigenvalue weighted by Crippen LogP contribution is -2.49. The molecule has 3 heteroatoms. The molecule has 1 aliphatic heterocycles. The van der Waals surface area contributed by atoms with E-state index in [2.05, 4.69) is 4.90 Å². The van der Waals surface area contributed by atoms with Gasteiger partial charge in [0.1, 0.15) is 5.82 Å². The largest absolute Gasteiger partial charge is 0.381 e. The van der Waals surface area contributed by atoms with Crippen LogP contribution in [0.5, 0.6) is 0 Å². The van der Waals surface area contributed by atoms with Crippen molar-refractivity contribution < 1.29 is 9.13 Å². The molecule has 22 heavy (non-hydrogen) atoms. The lowest BCUT2D eigenvalue weighted by atomic mass is 9.85. The molecule has 122 valence electrons. The van der Waals surface area contributed by atoms with E-state index >= 15 is 0 Å². The molecular weight excluding hydrogens is 277 g/mol. The molecule has 2 fully saturated rings. The number of likely N-dealkylation sites (tertiary alicyclic amines) is 1. The fraction of sp³-hybridized carbons (Fsp3) is 0.684. The third-order valence-corrected chi connectivity index (χ3v) is 5.48. The normalized spacial score (nSPS) is 27.9. The highest BCUT2D eigenvalue weighted by atomic mass is 19.1. The number of rotatable bonds is 4. The van der Waals surface area contributed by atoms with Gasteiger partial charge in [0.25, 0.3) is 0 Å². The maximum atomic E-state index is 13.4. The second-order valence-electron chi connectivity index (χ2n) is 6.94. The van der Waals surface area contributed by atoms with E-state index in [0.29, 0.717) is 12.0 Å². The van der Waals surface area contributed by atoms with Crippen molar-refractivity contribution in [3.63, 3.8) is 0 Å². The average Bonchev–Trinajstić information content (AvgIpc) is 2.56.